The number of rotatable bonds is 6. The summed E-state index contributed by atoms with van der Waals surface area (Å²) in [7, 11) is 0. The minimum atomic E-state index is -0.903. The largest absolute Gasteiger partial charge is 0.478 e. The van der Waals surface area contributed by atoms with Crippen molar-refractivity contribution < 1.29 is 9.90 Å². The summed E-state index contributed by atoms with van der Waals surface area (Å²) in [6.45, 7) is 2.79. The van der Waals surface area contributed by atoms with Crippen LogP contribution in [0.25, 0.3) is 27.7 Å². The first-order chi connectivity index (χ1) is 16.1. The molecule has 0 amide bonds. The van der Waals surface area contributed by atoms with E-state index in [-0.39, 0.29) is 0 Å². The van der Waals surface area contributed by atoms with Gasteiger partial charge in [-0.05, 0) is 66.1 Å². The molecule has 0 aliphatic heterocycles. The van der Waals surface area contributed by atoms with Gasteiger partial charge in [0, 0.05) is 18.5 Å². The van der Waals surface area contributed by atoms with Crippen LogP contribution in [0, 0.1) is 0 Å². The smallest absolute Gasteiger partial charge is 0.335 e. The SMILES string of the molecule is CCc1nc2c(-c3ccc(C4=CCCCC4)cc3)cccc2n1Cc1ccc(C(=O)O)cc1. The summed E-state index contributed by atoms with van der Waals surface area (Å²) < 4.78 is 2.25. The van der Waals surface area contributed by atoms with Gasteiger partial charge in [-0.25, -0.2) is 9.78 Å². The first-order valence-corrected chi connectivity index (χ1v) is 11.7. The number of carboxylic acids is 1. The third-order valence-electron chi connectivity index (χ3n) is 6.57. The van der Waals surface area contributed by atoms with Crippen LogP contribution in [0.15, 0.2) is 72.8 Å². The third-order valence-corrected chi connectivity index (χ3v) is 6.57. The average Bonchev–Trinajstić information content (AvgIpc) is 3.22. The van der Waals surface area contributed by atoms with Crippen molar-refractivity contribution >= 4 is 22.6 Å². The first kappa shape index (κ1) is 21.2. The molecule has 3 aromatic carbocycles. The maximum atomic E-state index is 11.2. The molecule has 1 N–H and O–H groups in total. The summed E-state index contributed by atoms with van der Waals surface area (Å²) in [5, 5.41) is 9.17. The predicted octanol–water partition coefficient (Wildman–Crippen LogP) is 6.97. The molecule has 1 aliphatic rings. The highest BCUT2D eigenvalue weighted by Gasteiger charge is 2.15. The maximum absolute atomic E-state index is 11.2. The minimum Gasteiger partial charge on any atom is -0.478 e. The van der Waals surface area contributed by atoms with Crippen LogP contribution in [0.1, 0.15) is 59.9 Å². The molecule has 166 valence electrons. The van der Waals surface area contributed by atoms with E-state index < -0.39 is 5.97 Å². The number of fused-ring (bicyclic) bond motifs is 1. The lowest BCUT2D eigenvalue weighted by Crippen LogP contribution is -2.05. The van der Waals surface area contributed by atoms with Crippen molar-refractivity contribution in [2.45, 2.75) is 45.6 Å². The Kier molecular flexibility index (Phi) is 5.82. The van der Waals surface area contributed by atoms with Crippen molar-refractivity contribution in [3.8, 4) is 11.1 Å². The first-order valence-electron chi connectivity index (χ1n) is 11.7. The Labute approximate surface area is 194 Å². The third kappa shape index (κ3) is 4.21. The Hall–Kier alpha value is -3.66. The molecule has 1 aliphatic carbocycles. The molecular formula is C29H28N2O2. The van der Waals surface area contributed by atoms with E-state index in [1.807, 2.05) is 12.1 Å². The number of hydrogen-bond donors (Lipinski definition) is 1. The zero-order valence-electron chi connectivity index (χ0n) is 18.9. The molecule has 0 atom stereocenters. The molecule has 1 aromatic heterocycles. The van der Waals surface area contributed by atoms with Gasteiger partial charge < -0.3 is 9.67 Å². The van der Waals surface area contributed by atoms with Gasteiger partial charge in [-0.15, -0.1) is 0 Å². The highest BCUT2D eigenvalue weighted by Crippen LogP contribution is 2.32. The van der Waals surface area contributed by atoms with Gasteiger partial charge in [-0.1, -0.05) is 61.5 Å². The molecule has 0 radical (unpaired) electrons. The molecule has 5 rings (SSSR count). The fourth-order valence-corrected chi connectivity index (χ4v) is 4.77. The molecule has 4 heteroatoms. The molecule has 33 heavy (non-hydrogen) atoms. The molecule has 0 unspecified atom stereocenters. The topological polar surface area (TPSA) is 55.1 Å². The van der Waals surface area contributed by atoms with Crippen molar-refractivity contribution in [1.82, 2.24) is 9.55 Å². The van der Waals surface area contributed by atoms with Gasteiger partial charge in [-0.3, -0.25) is 0 Å². The number of benzene rings is 3. The normalized spacial score (nSPS) is 13.8. The van der Waals surface area contributed by atoms with E-state index in [2.05, 4.69) is 60.0 Å². The fourth-order valence-electron chi connectivity index (χ4n) is 4.77. The van der Waals surface area contributed by atoms with Gasteiger partial charge in [0.05, 0.1) is 16.6 Å². The lowest BCUT2D eigenvalue weighted by Gasteiger charge is -2.13. The Morgan fingerprint density at radius 2 is 1.73 bits per heavy atom. The Morgan fingerprint density at radius 3 is 2.39 bits per heavy atom. The standard InChI is InChI=1S/C29H28N2O2/c1-2-27-30-28-25(23-17-15-22(16-18-23)21-7-4-3-5-8-21)9-6-10-26(28)31(27)19-20-11-13-24(14-12-20)29(32)33/h6-7,9-18H,2-5,8,19H2,1H3,(H,32,33). The second-order valence-corrected chi connectivity index (χ2v) is 8.70. The van der Waals surface area contributed by atoms with Gasteiger partial charge in [0.25, 0.3) is 0 Å². The van der Waals surface area contributed by atoms with E-state index >= 15 is 0 Å². The van der Waals surface area contributed by atoms with Crippen molar-refractivity contribution in [3.05, 3.63) is 95.3 Å². The average molecular weight is 437 g/mol. The van der Waals surface area contributed by atoms with Crippen LogP contribution in [0.2, 0.25) is 0 Å². The summed E-state index contributed by atoms with van der Waals surface area (Å²) >= 11 is 0. The minimum absolute atomic E-state index is 0.305. The molecular weight excluding hydrogens is 408 g/mol. The highest BCUT2D eigenvalue weighted by molar-refractivity contribution is 5.93. The van der Waals surface area contributed by atoms with Crippen molar-refractivity contribution in [3.63, 3.8) is 0 Å². The number of imidazole rings is 1. The quantitative estimate of drug-likeness (QED) is 0.355. The van der Waals surface area contributed by atoms with Gasteiger partial charge >= 0.3 is 5.97 Å². The summed E-state index contributed by atoms with van der Waals surface area (Å²) in [5.74, 6) is 0.128. The van der Waals surface area contributed by atoms with E-state index in [1.54, 1.807) is 12.1 Å². The number of hydrogen-bond acceptors (Lipinski definition) is 2. The molecule has 0 fully saturated rings. The summed E-state index contributed by atoms with van der Waals surface area (Å²) in [6, 6.07) is 22.4. The molecule has 1 heterocycles. The molecule has 0 saturated carbocycles. The maximum Gasteiger partial charge on any atom is 0.335 e. The number of carbonyl (C=O) groups is 1. The molecule has 4 nitrogen and oxygen atoms in total. The second kappa shape index (κ2) is 9.07. The Bertz CT molecular complexity index is 1330. The van der Waals surface area contributed by atoms with Crippen LogP contribution >= 0.6 is 0 Å². The number of aromatic carboxylic acids is 1. The Morgan fingerprint density at radius 1 is 0.970 bits per heavy atom. The molecule has 0 saturated heterocycles. The van der Waals surface area contributed by atoms with Crippen LogP contribution in [0.5, 0.6) is 0 Å². The van der Waals surface area contributed by atoms with Crippen LogP contribution in [-0.2, 0) is 13.0 Å². The van der Waals surface area contributed by atoms with E-state index in [0.29, 0.717) is 12.1 Å². The number of aryl methyl sites for hydroxylation is 1. The highest BCUT2D eigenvalue weighted by atomic mass is 16.4. The number of nitrogens with zero attached hydrogens (tertiary/aromatic N) is 2. The lowest BCUT2D eigenvalue weighted by molar-refractivity contribution is 0.0697. The molecule has 0 spiro atoms. The Balaban J connectivity index is 1.50. The summed E-state index contributed by atoms with van der Waals surface area (Å²) in [4.78, 5) is 16.2. The van der Waals surface area contributed by atoms with Gasteiger partial charge in [0.1, 0.15) is 5.82 Å². The van der Waals surface area contributed by atoms with Gasteiger partial charge in [0.15, 0.2) is 0 Å². The second-order valence-electron chi connectivity index (χ2n) is 8.70. The predicted molar refractivity (Wildman–Crippen MR) is 133 cm³/mol. The lowest BCUT2D eigenvalue weighted by atomic mass is 9.92. The zero-order chi connectivity index (χ0) is 22.8. The number of para-hydroxylation sites is 1. The number of allylic oxidation sites excluding steroid dienone is 2. The van der Waals surface area contributed by atoms with Gasteiger partial charge in [-0.2, -0.15) is 0 Å². The van der Waals surface area contributed by atoms with Crippen LogP contribution < -0.4 is 0 Å². The zero-order valence-corrected chi connectivity index (χ0v) is 18.9. The van der Waals surface area contributed by atoms with Crippen LogP contribution in [0.3, 0.4) is 0 Å². The molecule has 4 aromatic rings. The van der Waals surface area contributed by atoms with Gasteiger partial charge in [0.2, 0.25) is 0 Å². The van der Waals surface area contributed by atoms with E-state index in [0.717, 1.165) is 34.4 Å². The fraction of sp³-hybridized carbons (Fsp3) is 0.241. The summed E-state index contributed by atoms with van der Waals surface area (Å²) in [6.07, 6.45) is 8.16. The van der Waals surface area contributed by atoms with Crippen molar-refractivity contribution in [1.29, 1.82) is 0 Å². The number of carboxylic acid groups (broad SMARTS) is 1. The van der Waals surface area contributed by atoms with E-state index in [9.17, 15) is 4.79 Å². The van der Waals surface area contributed by atoms with Crippen LogP contribution in [-0.4, -0.2) is 20.6 Å². The van der Waals surface area contributed by atoms with Crippen molar-refractivity contribution in [2.24, 2.45) is 0 Å². The van der Waals surface area contributed by atoms with Crippen molar-refractivity contribution in [2.75, 3.05) is 0 Å². The van der Waals surface area contributed by atoms with E-state index in [4.69, 9.17) is 10.1 Å². The van der Waals surface area contributed by atoms with E-state index in [1.165, 1.54) is 42.4 Å². The van der Waals surface area contributed by atoms with Crippen LogP contribution in [0.4, 0.5) is 0 Å². The molecule has 0 bridgehead atoms. The monoisotopic (exact) mass is 436 g/mol. The summed E-state index contributed by atoms with van der Waals surface area (Å²) in [5.41, 5.74) is 8.61. The number of aromatic nitrogens is 2.